The summed E-state index contributed by atoms with van der Waals surface area (Å²) in [6.07, 6.45) is -7.64. The lowest BCUT2D eigenvalue weighted by Gasteiger charge is -2.23. The third-order valence-electron chi connectivity index (χ3n) is 4.83. The van der Waals surface area contributed by atoms with Crippen molar-refractivity contribution in [2.45, 2.75) is 25.8 Å². The standard InChI is InChI=1S/C23H20F3N3O7/c1-13-10-15(17-4-2-3-5-18(17)27-13)12-35-16-8-6-14(7-9-16)21(32)29(11-19(30)20(31)28-34)36-22(33)23(24,25)26/h2-10,19,30,34H,11-12H2,1H3,(H,28,31)/t19-/m0/s1. The predicted molar refractivity (Wildman–Crippen MR) is 116 cm³/mol. The number of aryl methyl sites for hydroxylation is 1. The summed E-state index contributed by atoms with van der Waals surface area (Å²) in [6.45, 7) is 0.823. The summed E-state index contributed by atoms with van der Waals surface area (Å²) in [5.74, 6) is -5.12. The van der Waals surface area contributed by atoms with Crippen LogP contribution < -0.4 is 10.2 Å². The van der Waals surface area contributed by atoms with Crippen molar-refractivity contribution in [1.29, 1.82) is 0 Å². The van der Waals surface area contributed by atoms with Gasteiger partial charge in [0.15, 0.2) is 6.10 Å². The van der Waals surface area contributed by atoms with Gasteiger partial charge >= 0.3 is 12.1 Å². The maximum absolute atomic E-state index is 12.7. The molecule has 3 aromatic rings. The fourth-order valence-corrected chi connectivity index (χ4v) is 3.14. The van der Waals surface area contributed by atoms with Crippen molar-refractivity contribution in [3.8, 4) is 5.75 Å². The SMILES string of the molecule is Cc1cc(COc2ccc(C(=O)N(C[C@H](O)C(=O)NO)OC(=O)C(F)(F)F)cc2)c2ccccc2n1. The molecule has 1 atom stereocenters. The maximum Gasteiger partial charge on any atom is 0.493 e. The number of aromatic nitrogens is 1. The lowest BCUT2D eigenvalue weighted by molar-refractivity contribution is -0.230. The monoisotopic (exact) mass is 507 g/mol. The van der Waals surface area contributed by atoms with Gasteiger partial charge in [0.05, 0.1) is 12.1 Å². The van der Waals surface area contributed by atoms with Crippen LogP contribution in [0.15, 0.2) is 54.6 Å². The molecule has 3 rings (SSSR count). The topological polar surface area (TPSA) is 138 Å². The summed E-state index contributed by atoms with van der Waals surface area (Å²) in [6, 6.07) is 14.5. The third-order valence-corrected chi connectivity index (χ3v) is 4.83. The quantitative estimate of drug-likeness (QED) is 0.328. The van der Waals surface area contributed by atoms with Gasteiger partial charge in [-0.2, -0.15) is 18.2 Å². The highest BCUT2D eigenvalue weighted by Gasteiger charge is 2.44. The second-order valence-electron chi connectivity index (χ2n) is 7.49. The molecule has 1 aromatic heterocycles. The lowest BCUT2D eigenvalue weighted by Crippen LogP contribution is -2.46. The van der Waals surface area contributed by atoms with E-state index in [2.05, 4.69) is 9.82 Å². The Hall–Kier alpha value is -4.23. The number of hydrogen-bond donors (Lipinski definition) is 3. The van der Waals surface area contributed by atoms with Crippen molar-refractivity contribution in [3.63, 3.8) is 0 Å². The van der Waals surface area contributed by atoms with Gasteiger partial charge in [-0.3, -0.25) is 19.8 Å². The Bertz CT molecular complexity index is 1270. The molecule has 0 saturated carbocycles. The van der Waals surface area contributed by atoms with Crippen molar-refractivity contribution in [1.82, 2.24) is 15.5 Å². The third kappa shape index (κ3) is 6.46. The minimum Gasteiger partial charge on any atom is -0.489 e. The number of nitrogens with one attached hydrogen (secondary N) is 1. The van der Waals surface area contributed by atoms with E-state index in [-0.39, 0.29) is 17.2 Å². The van der Waals surface area contributed by atoms with Gasteiger partial charge in [0.1, 0.15) is 12.4 Å². The number of amides is 2. The van der Waals surface area contributed by atoms with E-state index < -0.39 is 36.6 Å². The predicted octanol–water partition coefficient (Wildman–Crippen LogP) is 2.45. The minimum atomic E-state index is -5.45. The molecule has 0 fully saturated rings. The summed E-state index contributed by atoms with van der Waals surface area (Å²) in [7, 11) is 0. The highest BCUT2D eigenvalue weighted by molar-refractivity contribution is 5.95. The average Bonchev–Trinajstić information content (AvgIpc) is 2.85. The van der Waals surface area contributed by atoms with Crippen LogP contribution in [0.2, 0.25) is 0 Å². The van der Waals surface area contributed by atoms with E-state index in [0.717, 1.165) is 27.6 Å². The number of nitrogens with zero attached hydrogens (tertiary/aromatic N) is 2. The zero-order valence-corrected chi connectivity index (χ0v) is 18.7. The van der Waals surface area contributed by atoms with Gasteiger partial charge in [-0.1, -0.05) is 18.2 Å². The van der Waals surface area contributed by atoms with Gasteiger partial charge in [-0.05, 0) is 43.3 Å². The molecule has 0 aliphatic carbocycles. The number of carbonyl (C=O) groups excluding carboxylic acids is 3. The van der Waals surface area contributed by atoms with Crippen LogP contribution in [-0.4, -0.2) is 57.0 Å². The molecule has 0 aliphatic heterocycles. The molecule has 0 radical (unpaired) electrons. The Labute approximate surface area is 201 Å². The summed E-state index contributed by atoms with van der Waals surface area (Å²) in [4.78, 5) is 43.7. The first kappa shape index (κ1) is 26.4. The summed E-state index contributed by atoms with van der Waals surface area (Å²) in [5.41, 5.74) is 3.28. The van der Waals surface area contributed by atoms with E-state index in [0.29, 0.717) is 5.75 Å². The largest absolute Gasteiger partial charge is 0.493 e. The molecule has 2 aromatic carbocycles. The molecule has 0 saturated heterocycles. The van der Waals surface area contributed by atoms with Gasteiger partial charge in [0.2, 0.25) is 0 Å². The van der Waals surface area contributed by atoms with Gasteiger partial charge in [0, 0.05) is 22.2 Å². The summed E-state index contributed by atoms with van der Waals surface area (Å²) in [5, 5.41) is 19.0. The van der Waals surface area contributed by atoms with Crippen molar-refractivity contribution >= 4 is 28.7 Å². The van der Waals surface area contributed by atoms with Gasteiger partial charge < -0.3 is 14.7 Å². The Balaban J connectivity index is 1.75. The minimum absolute atomic E-state index is 0.128. The molecule has 190 valence electrons. The number of para-hydroxylation sites is 1. The highest BCUT2D eigenvalue weighted by Crippen LogP contribution is 2.22. The van der Waals surface area contributed by atoms with Crippen LogP contribution in [0.3, 0.4) is 0 Å². The van der Waals surface area contributed by atoms with Crippen LogP contribution in [-0.2, 0) is 21.0 Å². The Morgan fingerprint density at radius 1 is 1.11 bits per heavy atom. The van der Waals surface area contributed by atoms with E-state index in [9.17, 15) is 32.7 Å². The zero-order chi connectivity index (χ0) is 26.5. The van der Waals surface area contributed by atoms with E-state index in [1.54, 1.807) is 0 Å². The number of ether oxygens (including phenoxy) is 1. The number of alkyl halides is 3. The van der Waals surface area contributed by atoms with Crippen molar-refractivity contribution in [2.75, 3.05) is 6.54 Å². The van der Waals surface area contributed by atoms with E-state index >= 15 is 0 Å². The Morgan fingerprint density at radius 3 is 2.42 bits per heavy atom. The zero-order valence-electron chi connectivity index (χ0n) is 18.7. The molecule has 3 N–H and O–H groups in total. The Morgan fingerprint density at radius 2 is 1.78 bits per heavy atom. The van der Waals surface area contributed by atoms with Crippen LogP contribution in [0.25, 0.3) is 10.9 Å². The first-order chi connectivity index (χ1) is 17.0. The van der Waals surface area contributed by atoms with E-state index in [4.69, 9.17) is 9.94 Å². The molecule has 2 amide bonds. The maximum atomic E-state index is 12.7. The van der Waals surface area contributed by atoms with Gasteiger partial charge in [0.25, 0.3) is 11.8 Å². The van der Waals surface area contributed by atoms with Gasteiger partial charge in [-0.25, -0.2) is 10.3 Å². The molecule has 0 aliphatic rings. The number of hydroxylamine groups is 3. The van der Waals surface area contributed by atoms with Crippen LogP contribution in [0.5, 0.6) is 5.75 Å². The number of rotatable bonds is 7. The smallest absolute Gasteiger partial charge is 0.489 e. The fourth-order valence-electron chi connectivity index (χ4n) is 3.14. The molecule has 1 heterocycles. The molecule has 0 bridgehead atoms. The number of pyridine rings is 1. The van der Waals surface area contributed by atoms with Crippen molar-refractivity contribution < 1.29 is 47.4 Å². The number of aliphatic hydroxyl groups excluding tert-OH is 1. The van der Waals surface area contributed by atoms with Crippen molar-refractivity contribution in [2.24, 2.45) is 0 Å². The second-order valence-corrected chi connectivity index (χ2v) is 7.49. The van der Waals surface area contributed by atoms with Crippen LogP contribution >= 0.6 is 0 Å². The number of halogens is 3. The average molecular weight is 507 g/mol. The van der Waals surface area contributed by atoms with Crippen LogP contribution in [0, 0.1) is 6.92 Å². The number of benzene rings is 2. The Kier molecular flexibility index (Phi) is 8.07. The normalized spacial score (nSPS) is 12.1. The molecule has 0 unspecified atom stereocenters. The molecular weight excluding hydrogens is 487 g/mol. The number of aliphatic hydroxyl groups is 1. The molecular formula is C23H20F3N3O7. The number of carbonyl (C=O) groups is 3. The van der Waals surface area contributed by atoms with E-state index in [1.165, 1.54) is 24.3 Å². The molecule has 36 heavy (non-hydrogen) atoms. The molecule has 13 heteroatoms. The second kappa shape index (κ2) is 11.0. The fraction of sp³-hybridized carbons (Fsp3) is 0.217. The van der Waals surface area contributed by atoms with Crippen LogP contribution in [0.1, 0.15) is 21.6 Å². The highest BCUT2D eigenvalue weighted by atomic mass is 19.4. The number of hydrogen-bond acceptors (Lipinski definition) is 8. The van der Waals surface area contributed by atoms with Crippen LogP contribution in [0.4, 0.5) is 13.2 Å². The summed E-state index contributed by atoms with van der Waals surface area (Å²) >= 11 is 0. The molecule has 10 nitrogen and oxygen atoms in total. The summed E-state index contributed by atoms with van der Waals surface area (Å²) < 4.78 is 43.6. The van der Waals surface area contributed by atoms with E-state index in [1.807, 2.05) is 37.3 Å². The first-order valence-corrected chi connectivity index (χ1v) is 10.3. The lowest BCUT2D eigenvalue weighted by atomic mass is 10.1. The first-order valence-electron chi connectivity index (χ1n) is 10.3. The van der Waals surface area contributed by atoms with Gasteiger partial charge in [-0.15, -0.1) is 0 Å². The molecule has 0 spiro atoms. The van der Waals surface area contributed by atoms with Crippen molar-refractivity contribution in [3.05, 3.63) is 71.4 Å². The number of fused-ring (bicyclic) bond motifs is 1.